The van der Waals surface area contributed by atoms with E-state index in [1.54, 1.807) is 5.57 Å². The van der Waals surface area contributed by atoms with Crippen LogP contribution in [0.1, 0.15) is 92.9 Å². The summed E-state index contributed by atoms with van der Waals surface area (Å²) in [5.74, 6) is 5.48. The summed E-state index contributed by atoms with van der Waals surface area (Å²) >= 11 is 0. The summed E-state index contributed by atoms with van der Waals surface area (Å²) in [6.07, 6.45) is 17.8. The molecule has 0 spiro atoms. The van der Waals surface area contributed by atoms with E-state index in [4.69, 9.17) is 4.74 Å². The Balaban J connectivity index is 1.51. The minimum absolute atomic E-state index is 0.110. The van der Waals surface area contributed by atoms with Crippen LogP contribution in [-0.4, -0.2) is 12.6 Å². The van der Waals surface area contributed by atoms with Gasteiger partial charge in [-0.05, 0) is 97.2 Å². The quantitative estimate of drug-likeness (QED) is 0.323. The minimum Gasteiger partial charge on any atom is -0.464 e. The molecule has 0 aromatic carbocycles. The zero-order valence-electron chi connectivity index (χ0n) is 20.9. The largest absolute Gasteiger partial charge is 0.464 e. The molecule has 0 aromatic rings. The average molecular weight is 427 g/mol. The third kappa shape index (κ3) is 3.95. The molecule has 0 unspecified atom stereocenters. The number of hydrogen-bond donors (Lipinski definition) is 0. The summed E-state index contributed by atoms with van der Waals surface area (Å²) in [7, 11) is 0. The topological polar surface area (TPSA) is 26.3 Å². The molecule has 0 bridgehead atoms. The molecule has 31 heavy (non-hydrogen) atoms. The van der Waals surface area contributed by atoms with E-state index in [2.05, 4.69) is 59.8 Å². The molecule has 2 nitrogen and oxygen atoms in total. The van der Waals surface area contributed by atoms with Gasteiger partial charge in [-0.2, -0.15) is 0 Å². The lowest BCUT2D eigenvalue weighted by molar-refractivity contribution is -0.136. The van der Waals surface area contributed by atoms with Crippen molar-refractivity contribution in [2.45, 2.75) is 99.0 Å². The predicted octanol–water partition coefficient (Wildman–Crippen LogP) is 7.59. The number of hydrogen-bond acceptors (Lipinski definition) is 2. The Bertz CT molecular complexity index is 720. The number of ether oxygens (including phenoxy) is 1. The van der Waals surface area contributed by atoms with Gasteiger partial charge in [0.2, 0.25) is 0 Å². The molecule has 0 heterocycles. The lowest BCUT2D eigenvalue weighted by Gasteiger charge is -2.58. The third-order valence-corrected chi connectivity index (χ3v) is 10.8. The van der Waals surface area contributed by atoms with Crippen LogP contribution in [0.5, 0.6) is 0 Å². The maximum atomic E-state index is 10.9. The number of allylic oxidation sites excluding steroid dienone is 3. The van der Waals surface area contributed by atoms with Crippen LogP contribution in [0.25, 0.3) is 0 Å². The SMILES string of the molecule is CC(C)[C@@H](C)/C=C/[C@@H](C)[C@H]1CC[C@H]2[C@@H]3CC=C4C[C@@H](OC=O)CC[C@]4(C)[C@H]3CC[C@]12C. The van der Waals surface area contributed by atoms with Crippen LogP contribution in [0.15, 0.2) is 23.8 Å². The van der Waals surface area contributed by atoms with Gasteiger partial charge in [-0.25, -0.2) is 0 Å². The van der Waals surface area contributed by atoms with Gasteiger partial charge in [-0.3, -0.25) is 4.79 Å². The molecule has 0 N–H and O–H groups in total. The van der Waals surface area contributed by atoms with Crippen LogP contribution in [-0.2, 0) is 9.53 Å². The molecular weight excluding hydrogens is 380 g/mol. The van der Waals surface area contributed by atoms with Gasteiger partial charge in [-0.1, -0.05) is 65.3 Å². The molecule has 4 rings (SSSR count). The van der Waals surface area contributed by atoms with Crippen LogP contribution >= 0.6 is 0 Å². The van der Waals surface area contributed by atoms with Crippen LogP contribution in [0.4, 0.5) is 0 Å². The maximum Gasteiger partial charge on any atom is 0.293 e. The first-order valence-corrected chi connectivity index (χ1v) is 13.2. The molecule has 0 radical (unpaired) electrons. The Labute approximate surface area is 191 Å². The van der Waals surface area contributed by atoms with Gasteiger partial charge in [0.1, 0.15) is 6.10 Å². The van der Waals surface area contributed by atoms with Crippen molar-refractivity contribution < 1.29 is 9.53 Å². The van der Waals surface area contributed by atoms with Crippen molar-refractivity contribution in [3.63, 3.8) is 0 Å². The molecule has 0 aliphatic heterocycles. The van der Waals surface area contributed by atoms with E-state index in [0.29, 0.717) is 29.1 Å². The van der Waals surface area contributed by atoms with Crippen molar-refractivity contribution in [2.75, 3.05) is 0 Å². The van der Waals surface area contributed by atoms with Crippen molar-refractivity contribution in [1.82, 2.24) is 0 Å². The summed E-state index contributed by atoms with van der Waals surface area (Å²) in [6, 6.07) is 0. The molecule has 3 fully saturated rings. The van der Waals surface area contributed by atoms with Gasteiger partial charge < -0.3 is 4.74 Å². The van der Waals surface area contributed by atoms with Gasteiger partial charge in [0, 0.05) is 6.42 Å². The maximum absolute atomic E-state index is 10.9. The first kappa shape index (κ1) is 23.1. The fourth-order valence-corrected chi connectivity index (χ4v) is 8.43. The van der Waals surface area contributed by atoms with E-state index in [9.17, 15) is 4.79 Å². The van der Waals surface area contributed by atoms with Gasteiger partial charge in [0.15, 0.2) is 0 Å². The van der Waals surface area contributed by atoms with E-state index in [-0.39, 0.29) is 6.10 Å². The Kier molecular flexibility index (Phi) is 6.50. The van der Waals surface area contributed by atoms with E-state index in [1.165, 1.54) is 38.5 Å². The fraction of sp³-hybridized carbons (Fsp3) is 0.828. The fourth-order valence-electron chi connectivity index (χ4n) is 8.43. The average Bonchev–Trinajstić information content (AvgIpc) is 3.09. The predicted molar refractivity (Wildman–Crippen MR) is 128 cm³/mol. The van der Waals surface area contributed by atoms with Gasteiger partial charge in [0.25, 0.3) is 6.47 Å². The summed E-state index contributed by atoms with van der Waals surface area (Å²) < 4.78 is 5.37. The van der Waals surface area contributed by atoms with Crippen molar-refractivity contribution >= 4 is 6.47 Å². The highest BCUT2D eigenvalue weighted by atomic mass is 16.5. The van der Waals surface area contributed by atoms with Gasteiger partial charge >= 0.3 is 0 Å². The van der Waals surface area contributed by atoms with Crippen molar-refractivity contribution in [3.8, 4) is 0 Å². The Morgan fingerprint density at radius 3 is 2.48 bits per heavy atom. The van der Waals surface area contributed by atoms with E-state index in [0.717, 1.165) is 42.4 Å². The Morgan fingerprint density at radius 2 is 1.77 bits per heavy atom. The highest BCUT2D eigenvalue weighted by molar-refractivity contribution is 5.38. The first-order valence-electron chi connectivity index (χ1n) is 13.2. The normalized spacial score (nSPS) is 44.2. The summed E-state index contributed by atoms with van der Waals surface area (Å²) in [5, 5.41) is 0. The van der Waals surface area contributed by atoms with Crippen LogP contribution in [0.3, 0.4) is 0 Å². The monoisotopic (exact) mass is 426 g/mol. The second kappa shape index (κ2) is 8.71. The molecule has 9 atom stereocenters. The molecule has 3 saturated carbocycles. The third-order valence-electron chi connectivity index (χ3n) is 10.8. The summed E-state index contributed by atoms with van der Waals surface area (Å²) in [5.41, 5.74) is 2.44. The molecular formula is C29H46O2. The lowest BCUT2D eigenvalue weighted by atomic mass is 9.47. The van der Waals surface area contributed by atoms with Crippen molar-refractivity contribution in [1.29, 1.82) is 0 Å². The second-order valence-electron chi connectivity index (χ2n) is 12.4. The summed E-state index contributed by atoms with van der Waals surface area (Å²) in [6.45, 7) is 15.4. The minimum atomic E-state index is 0.110. The highest BCUT2D eigenvalue weighted by Crippen LogP contribution is 2.67. The first-order chi connectivity index (χ1) is 14.7. The van der Waals surface area contributed by atoms with Gasteiger partial charge in [-0.15, -0.1) is 0 Å². The molecule has 0 amide bonds. The number of rotatable bonds is 6. The molecule has 174 valence electrons. The highest BCUT2D eigenvalue weighted by Gasteiger charge is 2.59. The summed E-state index contributed by atoms with van der Waals surface area (Å²) in [4.78, 5) is 10.9. The number of carbonyl (C=O) groups is 1. The van der Waals surface area contributed by atoms with Gasteiger partial charge in [0.05, 0.1) is 0 Å². The van der Waals surface area contributed by atoms with Crippen LogP contribution in [0.2, 0.25) is 0 Å². The Hall–Kier alpha value is -1.05. The second-order valence-corrected chi connectivity index (χ2v) is 12.4. The van der Waals surface area contributed by atoms with E-state index < -0.39 is 0 Å². The number of carbonyl (C=O) groups excluding carboxylic acids is 1. The Morgan fingerprint density at radius 1 is 1.00 bits per heavy atom. The lowest BCUT2D eigenvalue weighted by Crippen LogP contribution is -2.50. The number of fused-ring (bicyclic) bond motifs is 5. The molecule has 4 aliphatic rings. The van der Waals surface area contributed by atoms with Crippen molar-refractivity contribution in [3.05, 3.63) is 23.8 Å². The molecule has 0 saturated heterocycles. The smallest absolute Gasteiger partial charge is 0.293 e. The zero-order chi connectivity index (χ0) is 22.4. The molecule has 0 aromatic heterocycles. The van der Waals surface area contributed by atoms with Crippen LogP contribution in [0, 0.1) is 52.3 Å². The molecule has 2 heteroatoms. The standard InChI is InChI=1S/C29H46O2/c1-19(2)20(3)7-8-21(4)25-11-12-26-24-10-9-22-17-23(31-18-30)13-15-28(22,5)27(24)14-16-29(25,26)6/h7-9,18-21,23-27H,10-17H2,1-6H3/b8-7+/t20-,21+,23-,24-,25+,26-,27-,28-,29+/m0/s1. The van der Waals surface area contributed by atoms with E-state index >= 15 is 0 Å². The zero-order valence-corrected chi connectivity index (χ0v) is 20.9. The van der Waals surface area contributed by atoms with Crippen LogP contribution < -0.4 is 0 Å². The van der Waals surface area contributed by atoms with E-state index in [1.807, 2.05) is 0 Å². The van der Waals surface area contributed by atoms with Crippen molar-refractivity contribution in [2.24, 2.45) is 52.3 Å². The molecule has 4 aliphatic carbocycles.